The molecule has 0 aliphatic heterocycles. The van der Waals surface area contributed by atoms with Crippen LogP contribution in [0.5, 0.6) is 0 Å². The third-order valence-corrected chi connectivity index (χ3v) is 5.60. The van der Waals surface area contributed by atoms with Crippen molar-refractivity contribution in [3.63, 3.8) is 0 Å². The van der Waals surface area contributed by atoms with Crippen LogP contribution in [0.1, 0.15) is 42.8 Å². The number of aromatic amines is 1. The van der Waals surface area contributed by atoms with E-state index in [0.717, 1.165) is 5.69 Å². The maximum absolute atomic E-state index is 12.4. The van der Waals surface area contributed by atoms with Crippen molar-refractivity contribution in [3.8, 4) is 0 Å². The van der Waals surface area contributed by atoms with Crippen molar-refractivity contribution in [2.75, 3.05) is 5.32 Å². The third-order valence-electron chi connectivity index (χ3n) is 3.95. The summed E-state index contributed by atoms with van der Waals surface area (Å²) in [5.41, 5.74) is 0.756. The Balaban J connectivity index is 1.70. The van der Waals surface area contributed by atoms with E-state index in [1.54, 1.807) is 24.3 Å². The van der Waals surface area contributed by atoms with E-state index in [1.807, 2.05) is 20.8 Å². The van der Waals surface area contributed by atoms with Crippen LogP contribution in [-0.2, 0) is 21.0 Å². The van der Waals surface area contributed by atoms with Gasteiger partial charge in [-0.3, -0.25) is 9.89 Å². The van der Waals surface area contributed by atoms with Gasteiger partial charge in [0.25, 0.3) is 5.91 Å². The number of amides is 1. The molecule has 0 aliphatic carbocycles. The van der Waals surface area contributed by atoms with Crippen molar-refractivity contribution in [3.05, 3.63) is 65.7 Å². The van der Waals surface area contributed by atoms with Crippen LogP contribution in [0.4, 0.5) is 5.82 Å². The Morgan fingerprint density at radius 2 is 1.85 bits per heavy atom. The SMILES string of the molecule is CC(C)(C)c1cc(NC(=O)c2ccc(CS(=O)(=O)c3ccccc3)o2)n[nH]1. The number of hydrogen-bond donors (Lipinski definition) is 2. The molecule has 1 aromatic carbocycles. The summed E-state index contributed by atoms with van der Waals surface area (Å²) in [6.07, 6.45) is 0. The number of hydrogen-bond acceptors (Lipinski definition) is 5. The lowest BCUT2D eigenvalue weighted by Crippen LogP contribution is -2.12. The van der Waals surface area contributed by atoms with Crippen molar-refractivity contribution in [1.82, 2.24) is 10.2 Å². The molecule has 0 atom stereocenters. The number of carbonyl (C=O) groups is 1. The van der Waals surface area contributed by atoms with Gasteiger partial charge in [-0.25, -0.2) is 8.42 Å². The number of furan rings is 1. The first-order chi connectivity index (χ1) is 12.6. The van der Waals surface area contributed by atoms with Gasteiger partial charge in [-0.15, -0.1) is 0 Å². The maximum atomic E-state index is 12.4. The van der Waals surface area contributed by atoms with E-state index in [4.69, 9.17) is 4.42 Å². The first-order valence-electron chi connectivity index (χ1n) is 8.39. The zero-order chi connectivity index (χ0) is 19.7. The minimum atomic E-state index is -3.54. The first-order valence-corrected chi connectivity index (χ1v) is 10.0. The number of nitrogens with zero attached hydrogens (tertiary/aromatic N) is 1. The molecule has 8 heteroatoms. The van der Waals surface area contributed by atoms with Gasteiger partial charge in [0.05, 0.1) is 4.90 Å². The van der Waals surface area contributed by atoms with Crippen molar-refractivity contribution >= 4 is 21.6 Å². The van der Waals surface area contributed by atoms with Crippen molar-refractivity contribution in [1.29, 1.82) is 0 Å². The van der Waals surface area contributed by atoms with E-state index in [2.05, 4.69) is 15.5 Å². The topological polar surface area (TPSA) is 105 Å². The molecular formula is C19H21N3O4S. The monoisotopic (exact) mass is 387 g/mol. The second kappa shape index (κ2) is 7.03. The minimum absolute atomic E-state index is 0.0218. The second-order valence-electron chi connectivity index (χ2n) is 7.21. The van der Waals surface area contributed by atoms with E-state index >= 15 is 0 Å². The van der Waals surface area contributed by atoms with Gasteiger partial charge in [-0.1, -0.05) is 39.0 Å². The highest BCUT2D eigenvalue weighted by Gasteiger charge is 2.21. The Hall–Kier alpha value is -2.87. The molecule has 0 fully saturated rings. The van der Waals surface area contributed by atoms with Gasteiger partial charge >= 0.3 is 0 Å². The highest BCUT2D eigenvalue weighted by Crippen LogP contribution is 2.23. The zero-order valence-electron chi connectivity index (χ0n) is 15.3. The molecule has 2 aromatic heterocycles. The van der Waals surface area contributed by atoms with Crippen LogP contribution < -0.4 is 5.32 Å². The molecule has 0 unspecified atom stereocenters. The smallest absolute Gasteiger partial charge is 0.292 e. The summed E-state index contributed by atoms with van der Waals surface area (Å²) in [6, 6.07) is 12.8. The van der Waals surface area contributed by atoms with E-state index in [9.17, 15) is 13.2 Å². The van der Waals surface area contributed by atoms with Gasteiger partial charge in [-0.05, 0) is 24.3 Å². The van der Waals surface area contributed by atoms with Crippen molar-refractivity contribution in [2.45, 2.75) is 36.8 Å². The number of benzene rings is 1. The van der Waals surface area contributed by atoms with E-state index in [1.165, 1.54) is 24.3 Å². The highest BCUT2D eigenvalue weighted by molar-refractivity contribution is 7.90. The Morgan fingerprint density at radius 3 is 2.48 bits per heavy atom. The zero-order valence-corrected chi connectivity index (χ0v) is 16.1. The molecule has 0 radical (unpaired) electrons. The summed E-state index contributed by atoms with van der Waals surface area (Å²) in [5, 5.41) is 9.58. The van der Waals surface area contributed by atoms with Crippen LogP contribution >= 0.6 is 0 Å². The average molecular weight is 387 g/mol. The maximum Gasteiger partial charge on any atom is 0.292 e. The Kier molecular flexibility index (Phi) is 4.93. The van der Waals surface area contributed by atoms with Gasteiger partial charge in [0.1, 0.15) is 11.5 Å². The molecule has 2 heterocycles. The molecule has 0 spiro atoms. The molecule has 2 N–H and O–H groups in total. The van der Waals surface area contributed by atoms with Gasteiger partial charge < -0.3 is 9.73 Å². The third kappa shape index (κ3) is 4.46. The molecule has 0 aliphatic rings. The summed E-state index contributed by atoms with van der Waals surface area (Å²) < 4.78 is 30.2. The number of aromatic nitrogens is 2. The van der Waals surface area contributed by atoms with Gasteiger partial charge in [0, 0.05) is 17.2 Å². The lowest BCUT2D eigenvalue weighted by Gasteiger charge is -2.14. The number of sulfone groups is 1. The van der Waals surface area contributed by atoms with Crippen molar-refractivity contribution < 1.29 is 17.6 Å². The van der Waals surface area contributed by atoms with Crippen LogP contribution in [0.25, 0.3) is 0 Å². The molecule has 0 bridgehead atoms. The largest absolute Gasteiger partial charge is 0.455 e. The highest BCUT2D eigenvalue weighted by atomic mass is 32.2. The number of carbonyl (C=O) groups excluding carboxylic acids is 1. The summed E-state index contributed by atoms with van der Waals surface area (Å²) in [5.74, 6) is -0.221. The Bertz CT molecular complexity index is 1040. The molecule has 142 valence electrons. The molecular weight excluding hydrogens is 366 g/mol. The molecule has 0 saturated heterocycles. The standard InChI is InChI=1S/C19H21N3O4S/c1-19(2,3)16-11-17(22-21-16)20-18(23)15-10-9-13(26-15)12-27(24,25)14-7-5-4-6-8-14/h4-11H,12H2,1-3H3,(H2,20,21,22,23). The summed E-state index contributed by atoms with van der Waals surface area (Å²) in [6.45, 7) is 6.08. The van der Waals surface area contributed by atoms with Crippen molar-refractivity contribution in [2.24, 2.45) is 0 Å². The van der Waals surface area contributed by atoms with Crippen LogP contribution in [0.15, 0.2) is 57.8 Å². The second-order valence-corrected chi connectivity index (χ2v) is 9.20. The van der Waals surface area contributed by atoms with Crippen LogP contribution in [-0.4, -0.2) is 24.5 Å². The quantitative estimate of drug-likeness (QED) is 0.697. The van der Waals surface area contributed by atoms with E-state index in [0.29, 0.717) is 5.82 Å². The number of H-pyrrole nitrogens is 1. The van der Waals surface area contributed by atoms with E-state index < -0.39 is 15.7 Å². The molecule has 3 aromatic rings. The summed E-state index contributed by atoms with van der Waals surface area (Å²) in [4.78, 5) is 12.5. The van der Waals surface area contributed by atoms with Crippen LogP contribution in [0, 0.1) is 0 Å². The summed E-state index contributed by atoms with van der Waals surface area (Å²) in [7, 11) is -3.54. The number of nitrogens with one attached hydrogen (secondary N) is 2. The normalized spacial score (nSPS) is 12.1. The Labute approximate surface area is 157 Å². The lowest BCUT2D eigenvalue weighted by atomic mass is 9.92. The van der Waals surface area contributed by atoms with E-state index in [-0.39, 0.29) is 27.6 Å². The van der Waals surface area contributed by atoms with Gasteiger partial charge in [-0.2, -0.15) is 5.10 Å². The molecule has 3 rings (SSSR count). The molecule has 1 amide bonds. The lowest BCUT2D eigenvalue weighted by molar-refractivity contribution is 0.0994. The molecule has 0 saturated carbocycles. The van der Waals surface area contributed by atoms with Crippen LogP contribution in [0.3, 0.4) is 0 Å². The fraction of sp³-hybridized carbons (Fsp3) is 0.263. The average Bonchev–Trinajstić information content (AvgIpc) is 3.24. The first kappa shape index (κ1) is 18.9. The fourth-order valence-electron chi connectivity index (χ4n) is 2.42. The predicted molar refractivity (Wildman–Crippen MR) is 101 cm³/mol. The number of rotatable bonds is 5. The summed E-state index contributed by atoms with van der Waals surface area (Å²) >= 11 is 0. The minimum Gasteiger partial charge on any atom is -0.455 e. The fourth-order valence-corrected chi connectivity index (χ4v) is 3.69. The molecule has 27 heavy (non-hydrogen) atoms. The predicted octanol–water partition coefficient (Wildman–Crippen LogP) is 3.53. The van der Waals surface area contributed by atoms with Gasteiger partial charge in [0.15, 0.2) is 21.4 Å². The van der Waals surface area contributed by atoms with Gasteiger partial charge in [0.2, 0.25) is 0 Å². The Morgan fingerprint density at radius 1 is 1.15 bits per heavy atom. The van der Waals surface area contributed by atoms with Crippen LogP contribution in [0.2, 0.25) is 0 Å². The molecule has 7 nitrogen and oxygen atoms in total. The number of anilines is 1.